The highest BCUT2D eigenvalue weighted by atomic mass is 19.1. The Morgan fingerprint density at radius 1 is 1.21 bits per heavy atom. The molecule has 0 bridgehead atoms. The number of nitrogens with zero attached hydrogens (tertiary/aromatic N) is 3. The zero-order chi connectivity index (χ0) is 17.7. The van der Waals surface area contributed by atoms with E-state index in [1.165, 1.54) is 0 Å². The van der Waals surface area contributed by atoms with Crippen LogP contribution in [-0.2, 0) is 6.67 Å². The van der Waals surface area contributed by atoms with Crippen molar-refractivity contribution in [3.63, 3.8) is 0 Å². The van der Waals surface area contributed by atoms with Gasteiger partial charge in [0.15, 0.2) is 0 Å². The van der Waals surface area contributed by atoms with Crippen molar-refractivity contribution in [3.8, 4) is 17.1 Å². The van der Waals surface area contributed by atoms with Gasteiger partial charge in [-0.1, -0.05) is 6.92 Å². The van der Waals surface area contributed by atoms with Crippen LogP contribution >= 0.6 is 0 Å². The van der Waals surface area contributed by atoms with Gasteiger partial charge in [-0.2, -0.15) is 0 Å². The van der Waals surface area contributed by atoms with E-state index in [1.54, 1.807) is 31.3 Å². The molecule has 0 aliphatic carbocycles. The predicted molar refractivity (Wildman–Crippen MR) is 92.4 cm³/mol. The van der Waals surface area contributed by atoms with Crippen molar-refractivity contribution >= 4 is 0 Å². The average molecular weight is 332 g/mol. The second-order valence-electron chi connectivity index (χ2n) is 6.87. The summed E-state index contributed by atoms with van der Waals surface area (Å²) >= 11 is 0. The minimum atomic E-state index is -0.690. The van der Waals surface area contributed by atoms with Gasteiger partial charge in [0.2, 0.25) is 0 Å². The van der Waals surface area contributed by atoms with Gasteiger partial charge >= 0.3 is 0 Å². The second kappa shape index (κ2) is 7.66. The number of alkyl halides is 1. The van der Waals surface area contributed by atoms with Crippen LogP contribution in [0.3, 0.4) is 0 Å². The van der Waals surface area contributed by atoms with Crippen LogP contribution in [0, 0.1) is 12.8 Å². The molecule has 2 heterocycles. The maximum absolute atomic E-state index is 13.4. The number of aryl methyl sites for hydroxylation is 1. The fourth-order valence-corrected chi connectivity index (χ4v) is 2.65. The normalized spacial score (nSPS) is 12.9. The molecule has 0 radical (unpaired) electrons. The highest BCUT2D eigenvalue weighted by Gasteiger charge is 2.17. The summed E-state index contributed by atoms with van der Waals surface area (Å²) in [5.41, 5.74) is 7.32. The van der Waals surface area contributed by atoms with Crippen molar-refractivity contribution in [3.05, 3.63) is 35.9 Å². The predicted octanol–water partition coefficient (Wildman–Crippen LogP) is 3.46. The van der Waals surface area contributed by atoms with Gasteiger partial charge in [0.1, 0.15) is 23.9 Å². The first-order valence-corrected chi connectivity index (χ1v) is 8.06. The van der Waals surface area contributed by atoms with Gasteiger partial charge in [0.05, 0.1) is 18.0 Å². The van der Waals surface area contributed by atoms with Crippen molar-refractivity contribution in [1.82, 2.24) is 15.0 Å². The summed E-state index contributed by atoms with van der Waals surface area (Å²) in [5.74, 6) is 1.38. The molecule has 0 fully saturated rings. The van der Waals surface area contributed by atoms with Crippen LogP contribution in [0.2, 0.25) is 0 Å². The Bertz CT molecular complexity index is 685. The number of aromatic nitrogens is 3. The molecule has 0 aromatic carbocycles. The fraction of sp³-hybridized carbons (Fsp3) is 0.500. The highest BCUT2D eigenvalue weighted by Crippen LogP contribution is 2.24. The zero-order valence-electron chi connectivity index (χ0n) is 14.7. The Morgan fingerprint density at radius 2 is 1.92 bits per heavy atom. The maximum atomic E-state index is 13.4. The molecular weight excluding hydrogens is 307 g/mol. The van der Waals surface area contributed by atoms with Crippen LogP contribution in [0.4, 0.5) is 4.39 Å². The molecule has 2 aromatic rings. The standard InChI is InChI=1S/C18H25FN4O/c1-12(9-18(3,4)20)11-24-17-6-5-14(23-16(17)10-19)15-7-8-21-13(2)22-15/h5-8,12H,9-11,20H2,1-4H3. The van der Waals surface area contributed by atoms with Gasteiger partial charge in [-0.25, -0.2) is 19.3 Å². The van der Waals surface area contributed by atoms with Crippen molar-refractivity contribution in [1.29, 1.82) is 0 Å². The molecule has 2 aromatic heterocycles. The van der Waals surface area contributed by atoms with E-state index in [-0.39, 0.29) is 17.2 Å². The quantitative estimate of drug-likeness (QED) is 0.840. The van der Waals surface area contributed by atoms with Crippen LogP contribution in [0.5, 0.6) is 5.75 Å². The molecule has 2 N–H and O–H groups in total. The number of halogens is 1. The summed E-state index contributed by atoms with van der Waals surface area (Å²) in [4.78, 5) is 12.7. The SMILES string of the molecule is Cc1nccc(-c2ccc(OCC(C)CC(C)(C)N)c(CF)n2)n1. The van der Waals surface area contributed by atoms with Crippen molar-refractivity contribution in [2.75, 3.05) is 6.61 Å². The number of nitrogens with two attached hydrogens (primary N) is 1. The van der Waals surface area contributed by atoms with Gasteiger partial charge in [-0.3, -0.25) is 0 Å². The van der Waals surface area contributed by atoms with Crippen LogP contribution in [0.25, 0.3) is 11.4 Å². The third-order valence-electron chi connectivity index (χ3n) is 3.50. The van der Waals surface area contributed by atoms with E-state index < -0.39 is 6.67 Å². The molecule has 0 saturated heterocycles. The van der Waals surface area contributed by atoms with Gasteiger partial charge in [-0.15, -0.1) is 0 Å². The lowest BCUT2D eigenvalue weighted by molar-refractivity contribution is 0.225. The lowest BCUT2D eigenvalue weighted by atomic mass is 9.93. The van der Waals surface area contributed by atoms with Gasteiger partial charge < -0.3 is 10.5 Å². The summed E-state index contributed by atoms with van der Waals surface area (Å²) in [6, 6.07) is 5.28. The Hall–Kier alpha value is -2.08. The smallest absolute Gasteiger partial charge is 0.143 e. The Morgan fingerprint density at radius 3 is 2.54 bits per heavy atom. The van der Waals surface area contributed by atoms with E-state index in [4.69, 9.17) is 10.5 Å². The third kappa shape index (κ3) is 5.23. The number of ether oxygens (including phenoxy) is 1. The fourth-order valence-electron chi connectivity index (χ4n) is 2.65. The minimum Gasteiger partial charge on any atom is -0.491 e. The average Bonchev–Trinajstić information content (AvgIpc) is 2.51. The molecule has 0 amide bonds. The zero-order valence-corrected chi connectivity index (χ0v) is 14.7. The second-order valence-corrected chi connectivity index (χ2v) is 6.87. The molecule has 0 aliphatic rings. The third-order valence-corrected chi connectivity index (χ3v) is 3.50. The highest BCUT2D eigenvalue weighted by molar-refractivity contribution is 5.55. The largest absolute Gasteiger partial charge is 0.491 e. The van der Waals surface area contributed by atoms with Crippen LogP contribution in [0.1, 0.15) is 38.7 Å². The molecule has 2 rings (SSSR count). The Balaban J connectivity index is 2.12. The molecule has 0 saturated carbocycles. The van der Waals surface area contributed by atoms with Gasteiger partial charge in [0, 0.05) is 11.7 Å². The van der Waals surface area contributed by atoms with Crippen LogP contribution < -0.4 is 10.5 Å². The summed E-state index contributed by atoms with van der Waals surface area (Å²) in [7, 11) is 0. The first kappa shape index (κ1) is 18.3. The Kier molecular flexibility index (Phi) is 5.83. The van der Waals surface area contributed by atoms with Crippen LogP contribution in [0.15, 0.2) is 24.4 Å². The molecule has 0 aliphatic heterocycles. The Labute approximate surface area is 142 Å². The van der Waals surface area contributed by atoms with Crippen LogP contribution in [-0.4, -0.2) is 27.1 Å². The summed E-state index contributed by atoms with van der Waals surface area (Å²) in [5, 5.41) is 0. The number of hydrogen-bond acceptors (Lipinski definition) is 5. The topological polar surface area (TPSA) is 73.9 Å². The summed E-state index contributed by atoms with van der Waals surface area (Å²) < 4.78 is 19.1. The number of pyridine rings is 1. The first-order chi connectivity index (χ1) is 11.3. The van der Waals surface area contributed by atoms with Crippen molar-refractivity contribution in [2.45, 2.75) is 46.3 Å². The minimum absolute atomic E-state index is 0.251. The van der Waals surface area contributed by atoms with Crippen molar-refractivity contribution < 1.29 is 9.13 Å². The molecule has 130 valence electrons. The van der Waals surface area contributed by atoms with E-state index in [9.17, 15) is 4.39 Å². The summed E-state index contributed by atoms with van der Waals surface area (Å²) in [6.07, 6.45) is 2.48. The molecule has 24 heavy (non-hydrogen) atoms. The molecule has 1 unspecified atom stereocenters. The monoisotopic (exact) mass is 332 g/mol. The molecule has 5 nitrogen and oxygen atoms in total. The maximum Gasteiger partial charge on any atom is 0.143 e. The van der Waals surface area contributed by atoms with E-state index in [2.05, 4.69) is 21.9 Å². The first-order valence-electron chi connectivity index (χ1n) is 8.06. The lowest BCUT2D eigenvalue weighted by Gasteiger charge is -2.23. The number of hydrogen-bond donors (Lipinski definition) is 1. The summed E-state index contributed by atoms with van der Waals surface area (Å²) in [6.45, 7) is 7.62. The molecular formula is C18H25FN4O. The van der Waals surface area contributed by atoms with Gasteiger partial charge in [0.25, 0.3) is 0 Å². The van der Waals surface area contributed by atoms with E-state index in [0.717, 1.165) is 6.42 Å². The van der Waals surface area contributed by atoms with E-state index >= 15 is 0 Å². The molecule has 6 heteroatoms. The van der Waals surface area contributed by atoms with Crippen molar-refractivity contribution in [2.24, 2.45) is 11.7 Å². The van der Waals surface area contributed by atoms with E-state index in [1.807, 2.05) is 13.8 Å². The van der Waals surface area contributed by atoms with Gasteiger partial charge in [-0.05, 0) is 51.3 Å². The number of rotatable bonds is 7. The molecule has 0 spiro atoms. The van der Waals surface area contributed by atoms with E-state index in [0.29, 0.717) is 29.6 Å². The lowest BCUT2D eigenvalue weighted by Crippen LogP contribution is -2.35. The molecule has 1 atom stereocenters.